The van der Waals surface area contributed by atoms with Crippen LogP contribution in [0.25, 0.3) is 11.5 Å². The highest BCUT2D eigenvalue weighted by atomic mass is 16.5. The maximum atomic E-state index is 5.76. The lowest BCUT2D eigenvalue weighted by Gasteiger charge is -2.15. The molecule has 102 valence electrons. The van der Waals surface area contributed by atoms with E-state index in [1.165, 1.54) is 32.1 Å². The first-order valence-electron chi connectivity index (χ1n) is 6.97. The number of nitrogens with two attached hydrogens (primary N) is 1. The van der Waals surface area contributed by atoms with Crippen molar-refractivity contribution >= 4 is 5.82 Å². The lowest BCUT2D eigenvalue weighted by Crippen LogP contribution is -2.04. The molecular weight excluding hydrogens is 242 g/mol. The Balaban J connectivity index is 1.78. The maximum Gasteiger partial charge on any atom is 0.263 e. The van der Waals surface area contributed by atoms with Crippen LogP contribution >= 0.6 is 0 Å². The number of H-pyrrole nitrogens is 1. The van der Waals surface area contributed by atoms with Crippen molar-refractivity contribution in [2.24, 2.45) is 0 Å². The van der Waals surface area contributed by atoms with E-state index in [4.69, 9.17) is 10.3 Å². The number of aromatic nitrogens is 4. The van der Waals surface area contributed by atoms with Gasteiger partial charge in [-0.25, -0.2) is 0 Å². The molecule has 1 saturated carbocycles. The Kier molecular flexibility index (Phi) is 3.48. The van der Waals surface area contributed by atoms with E-state index in [-0.39, 0.29) is 0 Å². The van der Waals surface area contributed by atoms with Gasteiger partial charge in [-0.05, 0) is 12.8 Å². The van der Waals surface area contributed by atoms with Crippen molar-refractivity contribution in [3.05, 3.63) is 12.0 Å². The second kappa shape index (κ2) is 5.42. The fourth-order valence-electron chi connectivity index (χ4n) is 2.69. The van der Waals surface area contributed by atoms with Crippen molar-refractivity contribution < 1.29 is 4.52 Å². The minimum absolute atomic E-state index is 0.422. The molecule has 0 spiro atoms. The number of anilines is 1. The van der Waals surface area contributed by atoms with Crippen LogP contribution in [0.4, 0.5) is 5.82 Å². The van der Waals surface area contributed by atoms with E-state index in [2.05, 4.69) is 20.3 Å². The first-order valence-corrected chi connectivity index (χ1v) is 6.97. The molecule has 1 aliphatic rings. The third-order valence-electron chi connectivity index (χ3n) is 3.81. The Hall–Kier alpha value is -1.85. The predicted octanol–water partition coefficient (Wildman–Crippen LogP) is 2.87. The summed E-state index contributed by atoms with van der Waals surface area (Å²) >= 11 is 0. The molecule has 0 atom stereocenters. The molecule has 19 heavy (non-hydrogen) atoms. The quantitative estimate of drug-likeness (QED) is 0.866. The zero-order valence-electron chi connectivity index (χ0n) is 10.9. The van der Waals surface area contributed by atoms with Crippen molar-refractivity contribution in [2.45, 2.75) is 50.9 Å². The highest BCUT2D eigenvalue weighted by Crippen LogP contribution is 2.31. The third-order valence-corrected chi connectivity index (χ3v) is 3.81. The van der Waals surface area contributed by atoms with Gasteiger partial charge >= 0.3 is 0 Å². The van der Waals surface area contributed by atoms with Crippen LogP contribution < -0.4 is 5.73 Å². The van der Waals surface area contributed by atoms with Crippen molar-refractivity contribution in [1.82, 2.24) is 20.3 Å². The van der Waals surface area contributed by atoms with E-state index in [9.17, 15) is 0 Å². The number of hydrogen-bond acceptors (Lipinski definition) is 5. The maximum absolute atomic E-state index is 5.76. The van der Waals surface area contributed by atoms with Crippen LogP contribution in [0.1, 0.15) is 56.7 Å². The van der Waals surface area contributed by atoms with Crippen LogP contribution in [0.3, 0.4) is 0 Å². The van der Waals surface area contributed by atoms with Crippen LogP contribution in [0.2, 0.25) is 0 Å². The van der Waals surface area contributed by atoms with Gasteiger partial charge in [-0.1, -0.05) is 37.3 Å². The molecule has 1 aliphatic carbocycles. The van der Waals surface area contributed by atoms with Gasteiger partial charge in [-0.15, -0.1) is 0 Å². The third kappa shape index (κ3) is 2.62. The Morgan fingerprint density at radius 1 is 1.16 bits per heavy atom. The summed E-state index contributed by atoms with van der Waals surface area (Å²) in [5.41, 5.74) is 6.44. The zero-order valence-corrected chi connectivity index (χ0v) is 10.9. The summed E-state index contributed by atoms with van der Waals surface area (Å²) in [5.74, 6) is 2.17. The fourth-order valence-corrected chi connectivity index (χ4v) is 2.69. The largest absolute Gasteiger partial charge is 0.383 e. The molecule has 6 nitrogen and oxygen atoms in total. The number of hydrogen-bond donors (Lipinski definition) is 2. The van der Waals surface area contributed by atoms with E-state index in [0.717, 1.165) is 18.7 Å². The smallest absolute Gasteiger partial charge is 0.263 e. The number of nitrogen functional groups attached to an aromatic ring is 1. The van der Waals surface area contributed by atoms with Gasteiger partial charge in [0.2, 0.25) is 0 Å². The summed E-state index contributed by atoms with van der Waals surface area (Å²) in [6.45, 7) is 0. The summed E-state index contributed by atoms with van der Waals surface area (Å²) in [4.78, 5) is 4.49. The molecule has 1 fully saturated rings. The standard InChI is InChI=1S/C13H19N5O/c14-11-10(8-15-17-11)13-16-12(18-19-13)9-6-4-2-1-3-5-7-9/h8-9H,1-7H2,(H3,14,15,17). The van der Waals surface area contributed by atoms with Gasteiger partial charge < -0.3 is 10.3 Å². The van der Waals surface area contributed by atoms with E-state index in [1.54, 1.807) is 6.20 Å². The average molecular weight is 261 g/mol. The van der Waals surface area contributed by atoms with Crippen molar-refractivity contribution in [3.63, 3.8) is 0 Å². The molecule has 0 unspecified atom stereocenters. The van der Waals surface area contributed by atoms with Gasteiger partial charge in [-0.3, -0.25) is 5.10 Å². The van der Waals surface area contributed by atoms with Crippen LogP contribution in [0, 0.1) is 0 Å². The Morgan fingerprint density at radius 2 is 1.89 bits per heavy atom. The van der Waals surface area contributed by atoms with E-state index >= 15 is 0 Å². The summed E-state index contributed by atoms with van der Waals surface area (Å²) < 4.78 is 5.31. The van der Waals surface area contributed by atoms with E-state index in [1.807, 2.05) is 0 Å². The summed E-state index contributed by atoms with van der Waals surface area (Å²) in [6, 6.07) is 0. The first-order chi connectivity index (χ1) is 9.34. The van der Waals surface area contributed by atoms with Crippen LogP contribution in [-0.4, -0.2) is 20.3 Å². The normalized spacial score (nSPS) is 18.1. The SMILES string of the molecule is Nc1[nH]ncc1-c1nc(C2CCCCCCC2)no1. The minimum Gasteiger partial charge on any atom is -0.383 e. The summed E-state index contributed by atoms with van der Waals surface area (Å²) in [6.07, 6.45) is 10.4. The van der Waals surface area contributed by atoms with Crippen LogP contribution in [-0.2, 0) is 0 Å². The molecule has 2 aromatic heterocycles. The molecule has 0 radical (unpaired) electrons. The minimum atomic E-state index is 0.422. The topological polar surface area (TPSA) is 93.6 Å². The number of nitrogens with one attached hydrogen (secondary N) is 1. The van der Waals surface area contributed by atoms with Gasteiger partial charge in [-0.2, -0.15) is 10.1 Å². The Bertz CT molecular complexity index is 525. The summed E-state index contributed by atoms with van der Waals surface area (Å²) in [5, 5.41) is 10.7. The van der Waals surface area contributed by atoms with E-state index < -0.39 is 0 Å². The average Bonchev–Trinajstić information content (AvgIpc) is 2.97. The molecule has 0 aliphatic heterocycles. The molecule has 0 aromatic carbocycles. The molecule has 3 N–H and O–H groups in total. The van der Waals surface area contributed by atoms with Crippen molar-refractivity contribution in [3.8, 4) is 11.5 Å². The second-order valence-electron chi connectivity index (χ2n) is 5.20. The number of rotatable bonds is 2. The molecule has 2 aromatic rings. The zero-order chi connectivity index (χ0) is 13.1. The molecule has 0 bridgehead atoms. The monoisotopic (exact) mass is 261 g/mol. The molecule has 3 rings (SSSR count). The number of nitrogens with zero attached hydrogens (tertiary/aromatic N) is 3. The second-order valence-corrected chi connectivity index (χ2v) is 5.20. The summed E-state index contributed by atoms with van der Waals surface area (Å²) in [7, 11) is 0. The highest BCUT2D eigenvalue weighted by Gasteiger charge is 2.21. The van der Waals surface area contributed by atoms with Gasteiger partial charge in [0.1, 0.15) is 11.4 Å². The Morgan fingerprint density at radius 3 is 2.58 bits per heavy atom. The van der Waals surface area contributed by atoms with E-state index in [0.29, 0.717) is 23.2 Å². The predicted molar refractivity (Wildman–Crippen MR) is 71.4 cm³/mol. The van der Waals surface area contributed by atoms with Gasteiger partial charge in [0.15, 0.2) is 5.82 Å². The molecule has 0 amide bonds. The fraction of sp³-hybridized carbons (Fsp3) is 0.615. The van der Waals surface area contributed by atoms with Crippen LogP contribution in [0.15, 0.2) is 10.7 Å². The van der Waals surface area contributed by atoms with Crippen molar-refractivity contribution in [2.75, 3.05) is 5.73 Å². The molecule has 2 heterocycles. The molecule has 6 heteroatoms. The lowest BCUT2D eigenvalue weighted by molar-refractivity contribution is 0.393. The van der Waals surface area contributed by atoms with Gasteiger partial charge in [0, 0.05) is 5.92 Å². The van der Waals surface area contributed by atoms with Gasteiger partial charge in [0.05, 0.1) is 6.20 Å². The first kappa shape index (κ1) is 12.2. The molecular formula is C13H19N5O. The Labute approximate surface area is 111 Å². The highest BCUT2D eigenvalue weighted by molar-refractivity contribution is 5.65. The lowest BCUT2D eigenvalue weighted by atomic mass is 9.91. The van der Waals surface area contributed by atoms with Gasteiger partial charge in [0.25, 0.3) is 5.89 Å². The molecule has 0 saturated heterocycles. The van der Waals surface area contributed by atoms with Crippen molar-refractivity contribution in [1.29, 1.82) is 0 Å². The van der Waals surface area contributed by atoms with Crippen LogP contribution in [0.5, 0.6) is 0 Å². The number of aromatic amines is 1.